The summed E-state index contributed by atoms with van der Waals surface area (Å²) < 4.78 is 13.6. The lowest BCUT2D eigenvalue weighted by Gasteiger charge is -1.98. The highest BCUT2D eigenvalue weighted by Crippen LogP contribution is 2.17. The number of carbonyl (C=O) groups excluding carboxylic acids is 1. The molecule has 2 aromatic rings. The molecule has 0 bridgehead atoms. The molecule has 3 heteroatoms. The molecular weight excluding hydrogens is 295 g/mol. The second-order valence-electron chi connectivity index (χ2n) is 3.74. The Hall–Kier alpha value is -1.74. The van der Waals surface area contributed by atoms with Gasteiger partial charge in [0, 0.05) is 5.56 Å². The Kier molecular flexibility index (Phi) is 4.05. The van der Waals surface area contributed by atoms with Gasteiger partial charge in [-0.05, 0) is 45.8 Å². The van der Waals surface area contributed by atoms with Crippen LogP contribution in [-0.2, 0) is 0 Å². The van der Waals surface area contributed by atoms with Crippen molar-refractivity contribution in [3.8, 4) is 0 Å². The number of carbonyl (C=O) groups is 1. The Labute approximate surface area is 113 Å². The van der Waals surface area contributed by atoms with E-state index in [-0.39, 0.29) is 5.78 Å². The summed E-state index contributed by atoms with van der Waals surface area (Å²) in [4.78, 5) is 11.8. The van der Waals surface area contributed by atoms with Gasteiger partial charge in [0.05, 0.1) is 4.47 Å². The smallest absolute Gasteiger partial charge is 0.185 e. The minimum absolute atomic E-state index is 0.217. The van der Waals surface area contributed by atoms with Crippen molar-refractivity contribution in [1.82, 2.24) is 0 Å². The first-order valence-corrected chi connectivity index (χ1v) is 6.18. The predicted molar refractivity (Wildman–Crippen MR) is 73.9 cm³/mol. The van der Waals surface area contributed by atoms with Gasteiger partial charge in [-0.1, -0.05) is 36.4 Å². The largest absolute Gasteiger partial charge is 0.289 e. The Morgan fingerprint density at radius 1 is 1.11 bits per heavy atom. The lowest BCUT2D eigenvalue weighted by Crippen LogP contribution is -1.95. The summed E-state index contributed by atoms with van der Waals surface area (Å²) in [5, 5.41) is 0. The lowest BCUT2D eigenvalue weighted by atomic mass is 10.1. The number of allylic oxidation sites excluding steroid dienone is 1. The van der Waals surface area contributed by atoms with Crippen LogP contribution >= 0.6 is 15.9 Å². The first-order chi connectivity index (χ1) is 8.66. The molecule has 0 saturated heterocycles. The maximum atomic E-state index is 13.3. The number of ketones is 1. The summed E-state index contributed by atoms with van der Waals surface area (Å²) in [6.45, 7) is 0. The van der Waals surface area contributed by atoms with E-state index in [0.717, 1.165) is 5.56 Å². The fourth-order valence-electron chi connectivity index (χ4n) is 1.48. The summed E-state index contributed by atoms with van der Waals surface area (Å²) in [6, 6.07) is 13.8. The third kappa shape index (κ3) is 3.14. The van der Waals surface area contributed by atoms with Crippen LogP contribution in [0.2, 0.25) is 0 Å². The summed E-state index contributed by atoms with van der Waals surface area (Å²) in [7, 11) is 0. The average Bonchev–Trinajstić information content (AvgIpc) is 2.40. The molecule has 2 rings (SSSR count). The van der Waals surface area contributed by atoms with Gasteiger partial charge in [0.2, 0.25) is 0 Å². The molecule has 0 heterocycles. The molecule has 0 atom stereocenters. The van der Waals surface area contributed by atoms with E-state index in [1.807, 2.05) is 30.3 Å². The van der Waals surface area contributed by atoms with Gasteiger partial charge in [0.25, 0.3) is 0 Å². The minimum Gasteiger partial charge on any atom is -0.289 e. The Morgan fingerprint density at radius 3 is 2.50 bits per heavy atom. The van der Waals surface area contributed by atoms with Gasteiger partial charge in [-0.15, -0.1) is 0 Å². The van der Waals surface area contributed by atoms with Crippen LogP contribution in [0, 0.1) is 5.82 Å². The predicted octanol–water partition coefficient (Wildman–Crippen LogP) is 4.48. The summed E-state index contributed by atoms with van der Waals surface area (Å²) in [5.41, 5.74) is 1.27. The van der Waals surface area contributed by atoms with Gasteiger partial charge >= 0.3 is 0 Å². The molecule has 1 nitrogen and oxygen atoms in total. The topological polar surface area (TPSA) is 17.1 Å². The zero-order valence-corrected chi connectivity index (χ0v) is 11.0. The molecule has 0 aliphatic rings. The highest BCUT2D eigenvalue weighted by molar-refractivity contribution is 9.10. The first-order valence-electron chi connectivity index (χ1n) is 5.39. The van der Waals surface area contributed by atoms with Crippen LogP contribution in [0.1, 0.15) is 15.9 Å². The van der Waals surface area contributed by atoms with Gasteiger partial charge in [0.1, 0.15) is 5.82 Å². The normalized spacial score (nSPS) is 10.8. The van der Waals surface area contributed by atoms with E-state index in [0.29, 0.717) is 10.0 Å². The number of halogens is 2. The number of hydrogen-bond donors (Lipinski definition) is 0. The number of benzene rings is 2. The van der Waals surface area contributed by atoms with Crippen molar-refractivity contribution < 1.29 is 9.18 Å². The fourth-order valence-corrected chi connectivity index (χ4v) is 1.73. The third-order valence-electron chi connectivity index (χ3n) is 2.43. The molecule has 0 aliphatic heterocycles. The van der Waals surface area contributed by atoms with Crippen molar-refractivity contribution in [2.75, 3.05) is 0 Å². The maximum Gasteiger partial charge on any atom is 0.185 e. The molecule has 18 heavy (non-hydrogen) atoms. The van der Waals surface area contributed by atoms with Crippen LogP contribution in [0.25, 0.3) is 6.08 Å². The van der Waals surface area contributed by atoms with Crippen LogP contribution in [-0.4, -0.2) is 5.78 Å². The van der Waals surface area contributed by atoms with Crippen molar-refractivity contribution in [3.05, 3.63) is 76.0 Å². The zero-order valence-electron chi connectivity index (χ0n) is 9.44. The highest BCUT2D eigenvalue weighted by Gasteiger charge is 2.05. The second kappa shape index (κ2) is 5.74. The van der Waals surface area contributed by atoms with E-state index in [1.54, 1.807) is 12.1 Å². The quantitative estimate of drug-likeness (QED) is 0.603. The summed E-state index contributed by atoms with van der Waals surface area (Å²) in [6.07, 6.45) is 3.15. The Bertz CT molecular complexity index is 591. The van der Waals surface area contributed by atoms with Gasteiger partial charge in [0.15, 0.2) is 5.78 Å². The SMILES string of the molecule is O=C(C=Cc1ccccc1)c1ccc(Br)c(F)c1. The minimum atomic E-state index is -0.436. The molecule has 0 spiro atoms. The van der Waals surface area contributed by atoms with Crippen LogP contribution in [0.4, 0.5) is 4.39 Å². The summed E-state index contributed by atoms with van der Waals surface area (Å²) in [5.74, 6) is -0.654. The Morgan fingerprint density at radius 2 is 1.83 bits per heavy atom. The van der Waals surface area contributed by atoms with Gasteiger partial charge in [-0.2, -0.15) is 0 Å². The fraction of sp³-hybridized carbons (Fsp3) is 0. The molecule has 0 aromatic heterocycles. The number of hydrogen-bond acceptors (Lipinski definition) is 1. The maximum absolute atomic E-state index is 13.3. The highest BCUT2D eigenvalue weighted by atomic mass is 79.9. The van der Waals surface area contributed by atoms with Gasteiger partial charge in [-0.25, -0.2) is 4.39 Å². The van der Waals surface area contributed by atoms with Gasteiger partial charge < -0.3 is 0 Å². The van der Waals surface area contributed by atoms with E-state index in [9.17, 15) is 9.18 Å². The molecule has 0 unspecified atom stereocenters. The molecule has 0 amide bonds. The van der Waals surface area contributed by atoms with E-state index in [4.69, 9.17) is 0 Å². The van der Waals surface area contributed by atoms with Crippen molar-refractivity contribution >= 4 is 27.8 Å². The zero-order chi connectivity index (χ0) is 13.0. The third-order valence-corrected chi connectivity index (χ3v) is 3.07. The molecular formula is C15H10BrFO. The van der Waals surface area contributed by atoms with E-state index in [1.165, 1.54) is 18.2 Å². The molecule has 0 N–H and O–H groups in total. The second-order valence-corrected chi connectivity index (χ2v) is 4.59. The molecule has 0 fully saturated rings. The van der Waals surface area contributed by atoms with E-state index >= 15 is 0 Å². The molecule has 0 radical (unpaired) electrons. The average molecular weight is 305 g/mol. The van der Waals surface area contributed by atoms with Crippen LogP contribution in [0.15, 0.2) is 59.1 Å². The van der Waals surface area contributed by atoms with Crippen LogP contribution in [0.3, 0.4) is 0 Å². The van der Waals surface area contributed by atoms with Crippen molar-refractivity contribution in [2.24, 2.45) is 0 Å². The van der Waals surface area contributed by atoms with Crippen LogP contribution < -0.4 is 0 Å². The molecule has 90 valence electrons. The lowest BCUT2D eigenvalue weighted by molar-refractivity contribution is 0.104. The monoisotopic (exact) mass is 304 g/mol. The van der Waals surface area contributed by atoms with Crippen molar-refractivity contribution in [2.45, 2.75) is 0 Å². The van der Waals surface area contributed by atoms with Gasteiger partial charge in [-0.3, -0.25) is 4.79 Å². The van der Waals surface area contributed by atoms with E-state index in [2.05, 4.69) is 15.9 Å². The van der Waals surface area contributed by atoms with Crippen molar-refractivity contribution in [1.29, 1.82) is 0 Å². The molecule has 2 aromatic carbocycles. The van der Waals surface area contributed by atoms with Crippen molar-refractivity contribution in [3.63, 3.8) is 0 Å². The Balaban J connectivity index is 2.17. The first kappa shape index (κ1) is 12.7. The molecule has 0 aliphatic carbocycles. The number of rotatable bonds is 3. The summed E-state index contributed by atoms with van der Waals surface area (Å²) >= 11 is 3.05. The van der Waals surface area contributed by atoms with E-state index < -0.39 is 5.82 Å². The standard InChI is InChI=1S/C15H10BrFO/c16-13-8-7-12(10-14(13)17)15(18)9-6-11-4-2-1-3-5-11/h1-10H. The van der Waals surface area contributed by atoms with Crippen LogP contribution in [0.5, 0.6) is 0 Å². The molecule has 0 saturated carbocycles.